The quantitative estimate of drug-likeness (QED) is 0.417. The molecule has 0 aliphatic heterocycles. The molecule has 172 valence electrons. The van der Waals surface area contributed by atoms with Gasteiger partial charge in [0.15, 0.2) is 0 Å². The van der Waals surface area contributed by atoms with Crippen molar-refractivity contribution < 1.29 is 14.0 Å². The molecule has 1 N–H and O–H groups in total. The predicted molar refractivity (Wildman–Crippen MR) is 130 cm³/mol. The zero-order valence-electron chi connectivity index (χ0n) is 19.0. The highest BCUT2D eigenvalue weighted by Gasteiger charge is 2.22. The molecule has 3 aromatic carbocycles. The second-order valence-corrected chi connectivity index (χ2v) is 8.11. The van der Waals surface area contributed by atoms with Crippen molar-refractivity contribution in [2.45, 2.75) is 19.9 Å². The van der Waals surface area contributed by atoms with Crippen LogP contribution in [-0.4, -0.2) is 39.1 Å². The van der Waals surface area contributed by atoms with Crippen LogP contribution in [0, 0.1) is 5.82 Å². The fourth-order valence-electron chi connectivity index (χ4n) is 3.57. The summed E-state index contributed by atoms with van der Waals surface area (Å²) in [6.07, 6.45) is 0. The summed E-state index contributed by atoms with van der Waals surface area (Å²) in [6.45, 7) is 3.61. The first kappa shape index (κ1) is 22.9. The van der Waals surface area contributed by atoms with Gasteiger partial charge in [0, 0.05) is 23.2 Å². The lowest BCUT2D eigenvalue weighted by molar-refractivity contribution is -0.117. The maximum absolute atomic E-state index is 13.5. The van der Waals surface area contributed by atoms with Crippen LogP contribution in [-0.2, 0) is 4.79 Å². The minimum absolute atomic E-state index is 0.124. The zero-order chi connectivity index (χ0) is 24.1. The number of amides is 2. The topological polar surface area (TPSA) is 67.2 Å². The summed E-state index contributed by atoms with van der Waals surface area (Å²) in [7, 11) is 0. The summed E-state index contributed by atoms with van der Waals surface area (Å²) >= 11 is 0. The van der Waals surface area contributed by atoms with Gasteiger partial charge in [-0.1, -0.05) is 48.5 Å². The monoisotopic (exact) mass is 456 g/mol. The molecule has 4 aromatic rings. The van der Waals surface area contributed by atoms with E-state index in [1.54, 1.807) is 47.1 Å². The number of nitrogens with zero attached hydrogens (tertiary/aromatic N) is 3. The molecular weight excluding hydrogens is 431 g/mol. The normalized spacial score (nSPS) is 10.8. The smallest absolute Gasteiger partial charge is 0.254 e. The van der Waals surface area contributed by atoms with E-state index in [-0.39, 0.29) is 30.2 Å². The van der Waals surface area contributed by atoms with E-state index in [1.165, 1.54) is 17.0 Å². The number of rotatable bonds is 7. The standard InChI is InChI=1S/C27H25FN4O2/c1-19(2)31(27(34)21-11-7-4-8-12-21)18-26(33)29-25-17-24(20-9-5-3-6-10-20)30-32(25)23-15-13-22(28)14-16-23/h3-17,19H,18H2,1-2H3,(H,29,33). The van der Waals surface area contributed by atoms with Crippen molar-refractivity contribution in [2.75, 3.05) is 11.9 Å². The molecule has 0 bridgehead atoms. The van der Waals surface area contributed by atoms with Gasteiger partial charge in [-0.2, -0.15) is 5.10 Å². The van der Waals surface area contributed by atoms with Crippen LogP contribution in [0.1, 0.15) is 24.2 Å². The molecule has 0 unspecified atom stereocenters. The Bertz CT molecular complexity index is 1270. The first-order valence-electron chi connectivity index (χ1n) is 11.0. The van der Waals surface area contributed by atoms with Crippen molar-refractivity contribution in [3.05, 3.63) is 102 Å². The van der Waals surface area contributed by atoms with E-state index in [1.807, 2.05) is 50.2 Å². The molecule has 0 saturated heterocycles. The van der Waals surface area contributed by atoms with Crippen LogP contribution >= 0.6 is 0 Å². The lowest BCUT2D eigenvalue weighted by atomic mass is 10.1. The Morgan fingerprint density at radius 3 is 2.18 bits per heavy atom. The number of benzene rings is 3. The molecule has 2 amide bonds. The van der Waals surface area contributed by atoms with E-state index < -0.39 is 0 Å². The van der Waals surface area contributed by atoms with Crippen LogP contribution in [0.2, 0.25) is 0 Å². The minimum atomic E-state index is -0.364. The Labute approximate surface area is 197 Å². The van der Waals surface area contributed by atoms with Crippen LogP contribution in [0.25, 0.3) is 16.9 Å². The molecule has 0 atom stereocenters. The number of aromatic nitrogens is 2. The summed E-state index contributed by atoms with van der Waals surface area (Å²) in [6, 6.07) is 25.9. The van der Waals surface area contributed by atoms with Crippen molar-refractivity contribution >= 4 is 17.6 Å². The third kappa shape index (κ3) is 5.20. The third-order valence-corrected chi connectivity index (χ3v) is 5.34. The molecule has 4 rings (SSSR count). The van der Waals surface area contributed by atoms with Gasteiger partial charge >= 0.3 is 0 Å². The number of nitrogens with one attached hydrogen (secondary N) is 1. The highest BCUT2D eigenvalue weighted by molar-refractivity contribution is 5.99. The molecule has 0 aliphatic rings. The molecule has 1 heterocycles. The summed E-state index contributed by atoms with van der Waals surface area (Å²) in [5.41, 5.74) is 2.65. The first-order valence-corrected chi connectivity index (χ1v) is 11.0. The molecule has 0 radical (unpaired) electrons. The fraction of sp³-hybridized carbons (Fsp3) is 0.148. The highest BCUT2D eigenvalue weighted by Crippen LogP contribution is 2.25. The summed E-state index contributed by atoms with van der Waals surface area (Å²) in [4.78, 5) is 27.5. The first-order chi connectivity index (χ1) is 16.4. The number of anilines is 1. The Hall–Kier alpha value is -4.26. The molecule has 1 aromatic heterocycles. The Balaban J connectivity index is 1.61. The van der Waals surface area contributed by atoms with Crippen molar-refractivity contribution in [2.24, 2.45) is 0 Å². The van der Waals surface area contributed by atoms with Crippen molar-refractivity contribution in [1.82, 2.24) is 14.7 Å². The van der Waals surface area contributed by atoms with Crippen molar-refractivity contribution in [1.29, 1.82) is 0 Å². The van der Waals surface area contributed by atoms with Crippen molar-refractivity contribution in [3.8, 4) is 16.9 Å². The number of hydrogen-bond donors (Lipinski definition) is 1. The lowest BCUT2D eigenvalue weighted by Gasteiger charge is -2.26. The number of carbonyl (C=O) groups excluding carboxylic acids is 2. The van der Waals surface area contributed by atoms with E-state index in [2.05, 4.69) is 10.4 Å². The number of hydrogen-bond acceptors (Lipinski definition) is 3. The summed E-state index contributed by atoms with van der Waals surface area (Å²) < 4.78 is 15.0. The van der Waals surface area contributed by atoms with E-state index in [0.717, 1.165) is 5.56 Å². The predicted octanol–water partition coefficient (Wildman–Crippen LogP) is 5.17. The fourth-order valence-corrected chi connectivity index (χ4v) is 3.57. The summed E-state index contributed by atoms with van der Waals surface area (Å²) in [5.74, 6) is -0.522. The van der Waals surface area contributed by atoms with E-state index in [4.69, 9.17) is 0 Å². The SMILES string of the molecule is CC(C)N(CC(=O)Nc1cc(-c2ccccc2)nn1-c1ccc(F)cc1)C(=O)c1ccccc1. The van der Waals surface area contributed by atoms with Gasteiger partial charge in [0.25, 0.3) is 5.91 Å². The van der Waals surface area contributed by atoms with Gasteiger partial charge < -0.3 is 10.2 Å². The van der Waals surface area contributed by atoms with Crippen molar-refractivity contribution in [3.63, 3.8) is 0 Å². The van der Waals surface area contributed by atoms with E-state index in [0.29, 0.717) is 22.8 Å². The van der Waals surface area contributed by atoms with E-state index >= 15 is 0 Å². The molecule has 6 nitrogen and oxygen atoms in total. The lowest BCUT2D eigenvalue weighted by Crippen LogP contribution is -2.42. The zero-order valence-corrected chi connectivity index (χ0v) is 19.0. The molecule has 0 saturated carbocycles. The van der Waals surface area contributed by atoms with Gasteiger partial charge in [0.05, 0.1) is 11.4 Å². The van der Waals surface area contributed by atoms with Crippen LogP contribution in [0.5, 0.6) is 0 Å². The second-order valence-electron chi connectivity index (χ2n) is 8.11. The van der Waals surface area contributed by atoms with Gasteiger partial charge in [-0.05, 0) is 50.2 Å². The van der Waals surface area contributed by atoms with Gasteiger partial charge in [0.2, 0.25) is 5.91 Å². The van der Waals surface area contributed by atoms with Gasteiger partial charge in [-0.25, -0.2) is 9.07 Å². The highest BCUT2D eigenvalue weighted by atomic mass is 19.1. The number of halogens is 1. The molecule has 7 heteroatoms. The van der Waals surface area contributed by atoms with Gasteiger partial charge in [0.1, 0.15) is 18.2 Å². The number of carbonyl (C=O) groups is 2. The average Bonchev–Trinajstić information content (AvgIpc) is 3.27. The Kier molecular flexibility index (Phi) is 6.82. The van der Waals surface area contributed by atoms with Crippen LogP contribution in [0.3, 0.4) is 0 Å². The maximum Gasteiger partial charge on any atom is 0.254 e. The van der Waals surface area contributed by atoms with Gasteiger partial charge in [-0.3, -0.25) is 9.59 Å². The largest absolute Gasteiger partial charge is 0.327 e. The Morgan fingerprint density at radius 2 is 1.56 bits per heavy atom. The van der Waals surface area contributed by atoms with E-state index in [9.17, 15) is 14.0 Å². The van der Waals surface area contributed by atoms with Gasteiger partial charge in [-0.15, -0.1) is 0 Å². The Morgan fingerprint density at radius 1 is 0.941 bits per heavy atom. The second kappa shape index (κ2) is 10.1. The molecule has 34 heavy (non-hydrogen) atoms. The van der Waals surface area contributed by atoms with Crippen LogP contribution in [0.15, 0.2) is 91.0 Å². The molecule has 0 fully saturated rings. The maximum atomic E-state index is 13.5. The minimum Gasteiger partial charge on any atom is -0.327 e. The molecular formula is C27H25FN4O2. The van der Waals surface area contributed by atoms with Crippen LogP contribution in [0.4, 0.5) is 10.2 Å². The summed E-state index contributed by atoms with van der Waals surface area (Å²) in [5, 5.41) is 7.51. The molecule has 0 aliphatic carbocycles. The van der Waals surface area contributed by atoms with Crippen LogP contribution < -0.4 is 5.32 Å². The third-order valence-electron chi connectivity index (χ3n) is 5.34. The molecule has 0 spiro atoms. The average molecular weight is 457 g/mol.